The molecule has 0 N–H and O–H groups in total. The number of hydrogen-bond acceptors (Lipinski definition) is 5. The molecule has 0 bridgehead atoms. The zero-order valence-electron chi connectivity index (χ0n) is 16.9. The van der Waals surface area contributed by atoms with Gasteiger partial charge in [0.05, 0.1) is 19.6 Å². The van der Waals surface area contributed by atoms with Gasteiger partial charge in [-0.15, -0.1) is 0 Å². The van der Waals surface area contributed by atoms with Gasteiger partial charge in [0, 0.05) is 48.8 Å². The van der Waals surface area contributed by atoms with Crippen molar-refractivity contribution in [2.75, 3.05) is 39.5 Å². The second kappa shape index (κ2) is 7.60. The Hall–Kier alpha value is -2.32. The van der Waals surface area contributed by atoms with Gasteiger partial charge < -0.3 is 14.1 Å². The number of ether oxygens (including phenoxy) is 1. The van der Waals surface area contributed by atoms with Crippen molar-refractivity contribution in [2.24, 2.45) is 0 Å². The van der Waals surface area contributed by atoms with Gasteiger partial charge in [0.2, 0.25) is 15.9 Å². The Morgan fingerprint density at radius 2 is 1.86 bits per heavy atom. The van der Waals surface area contributed by atoms with Crippen LogP contribution in [-0.4, -0.2) is 63.1 Å². The summed E-state index contributed by atoms with van der Waals surface area (Å²) in [5.41, 5.74) is 4.34. The Morgan fingerprint density at radius 1 is 1.21 bits per heavy atom. The summed E-state index contributed by atoms with van der Waals surface area (Å²) in [4.78, 5) is 14.4. The number of carbonyl (C=O) groups excluding carboxylic acids is 1. The van der Waals surface area contributed by atoms with E-state index in [1.165, 1.54) is 10.6 Å². The van der Waals surface area contributed by atoms with Crippen LogP contribution in [-0.2, 0) is 14.8 Å². The third kappa shape index (κ3) is 3.79. The lowest BCUT2D eigenvalue weighted by Gasteiger charge is -2.32. The Bertz CT molecular complexity index is 1040. The van der Waals surface area contributed by atoms with Gasteiger partial charge in [-0.25, -0.2) is 8.42 Å². The second-order valence-electron chi connectivity index (χ2n) is 7.19. The maximum atomic E-state index is 12.7. The lowest BCUT2D eigenvalue weighted by Crippen LogP contribution is -2.49. The minimum absolute atomic E-state index is 0.130. The first kappa shape index (κ1) is 20.4. The number of piperazine rings is 1. The molecular weight excluding hydrogens is 380 g/mol. The Morgan fingerprint density at radius 3 is 2.43 bits per heavy atom. The first-order valence-corrected chi connectivity index (χ1v) is 11.0. The van der Waals surface area contributed by atoms with Crippen LogP contribution in [0.2, 0.25) is 0 Å². The fourth-order valence-electron chi connectivity index (χ4n) is 3.59. The molecule has 1 aromatic heterocycles. The lowest BCUT2D eigenvalue weighted by molar-refractivity contribution is -0.127. The van der Waals surface area contributed by atoms with E-state index < -0.39 is 10.0 Å². The summed E-state index contributed by atoms with van der Waals surface area (Å²) in [7, 11) is -1.62. The van der Waals surface area contributed by atoms with Crippen LogP contribution in [0.1, 0.15) is 23.6 Å². The van der Waals surface area contributed by atoms with Crippen molar-refractivity contribution in [3.63, 3.8) is 0 Å². The Balaban J connectivity index is 1.87. The summed E-state index contributed by atoms with van der Waals surface area (Å²) in [5.74, 6) is 0.555. The van der Waals surface area contributed by atoms with E-state index in [1.54, 1.807) is 24.3 Å². The Labute approximate surface area is 165 Å². The van der Waals surface area contributed by atoms with Gasteiger partial charge in [-0.3, -0.25) is 4.79 Å². The van der Waals surface area contributed by atoms with Crippen LogP contribution in [0.3, 0.4) is 0 Å². The van der Waals surface area contributed by atoms with Crippen molar-refractivity contribution >= 4 is 32.5 Å². The van der Waals surface area contributed by atoms with Crippen molar-refractivity contribution < 1.29 is 22.4 Å². The van der Waals surface area contributed by atoms with E-state index in [9.17, 15) is 13.2 Å². The van der Waals surface area contributed by atoms with Crippen LogP contribution in [0.15, 0.2) is 22.8 Å². The molecule has 152 valence electrons. The molecule has 0 spiro atoms. The minimum Gasteiger partial charge on any atom is -0.496 e. The highest BCUT2D eigenvalue weighted by Gasteiger charge is 2.25. The standard InChI is InChI=1S/C20H26N2O5S/c1-13(10-18(23)21-6-8-22(9-7-21)28(5,24)25)16-11-17-14(2)12-27-20(17)15(3)19(16)26-4/h10-12H,6-9H2,1-5H3/b13-10+. The van der Waals surface area contributed by atoms with Gasteiger partial charge in [-0.05, 0) is 38.0 Å². The summed E-state index contributed by atoms with van der Waals surface area (Å²) in [6, 6.07) is 1.99. The third-order valence-electron chi connectivity index (χ3n) is 5.23. The van der Waals surface area contributed by atoms with Crippen LogP contribution in [0.4, 0.5) is 0 Å². The molecule has 8 heteroatoms. The lowest BCUT2D eigenvalue weighted by atomic mass is 9.98. The van der Waals surface area contributed by atoms with Crippen molar-refractivity contribution in [1.82, 2.24) is 9.21 Å². The number of fused-ring (bicyclic) bond motifs is 1. The largest absolute Gasteiger partial charge is 0.496 e. The third-order valence-corrected chi connectivity index (χ3v) is 6.53. The van der Waals surface area contributed by atoms with E-state index in [4.69, 9.17) is 9.15 Å². The van der Waals surface area contributed by atoms with Crippen LogP contribution >= 0.6 is 0 Å². The molecule has 0 aliphatic carbocycles. The van der Waals surface area contributed by atoms with Crippen molar-refractivity contribution in [3.05, 3.63) is 35.1 Å². The van der Waals surface area contributed by atoms with Crippen LogP contribution in [0.25, 0.3) is 16.5 Å². The van der Waals surface area contributed by atoms with Crippen molar-refractivity contribution in [3.8, 4) is 5.75 Å². The number of amides is 1. The van der Waals surface area contributed by atoms with Gasteiger partial charge in [-0.1, -0.05) is 0 Å². The van der Waals surface area contributed by atoms with Crippen molar-refractivity contribution in [1.29, 1.82) is 0 Å². The fourth-order valence-corrected chi connectivity index (χ4v) is 4.42. The maximum absolute atomic E-state index is 12.7. The monoisotopic (exact) mass is 406 g/mol. The van der Waals surface area contributed by atoms with E-state index >= 15 is 0 Å². The van der Waals surface area contributed by atoms with Gasteiger partial charge in [0.25, 0.3) is 0 Å². The zero-order chi connectivity index (χ0) is 20.6. The molecule has 1 amide bonds. The zero-order valence-corrected chi connectivity index (χ0v) is 17.7. The molecule has 1 aromatic carbocycles. The molecule has 1 saturated heterocycles. The number of nitrogens with zero attached hydrogens (tertiary/aromatic N) is 2. The molecule has 1 fully saturated rings. The van der Waals surface area contributed by atoms with Crippen molar-refractivity contribution in [2.45, 2.75) is 20.8 Å². The average Bonchev–Trinajstić information content (AvgIpc) is 3.02. The fraction of sp³-hybridized carbons (Fsp3) is 0.450. The van der Waals surface area contributed by atoms with Gasteiger partial charge in [0.15, 0.2) is 0 Å². The first-order chi connectivity index (χ1) is 13.1. The summed E-state index contributed by atoms with van der Waals surface area (Å²) >= 11 is 0. The van der Waals surface area contributed by atoms with Crippen LogP contribution < -0.4 is 4.74 Å². The minimum atomic E-state index is -3.22. The maximum Gasteiger partial charge on any atom is 0.246 e. The number of sulfonamides is 1. The number of methoxy groups -OCH3 is 1. The number of rotatable bonds is 4. The highest BCUT2D eigenvalue weighted by molar-refractivity contribution is 7.88. The molecule has 1 aliphatic rings. The average molecular weight is 407 g/mol. The van der Waals surface area contributed by atoms with E-state index in [0.717, 1.165) is 33.2 Å². The summed E-state index contributed by atoms with van der Waals surface area (Å²) in [6.45, 7) is 7.20. The highest BCUT2D eigenvalue weighted by atomic mass is 32.2. The molecule has 0 unspecified atom stereocenters. The van der Waals surface area contributed by atoms with E-state index in [1.807, 2.05) is 26.8 Å². The molecule has 0 radical (unpaired) electrons. The predicted molar refractivity (Wildman–Crippen MR) is 109 cm³/mol. The quantitative estimate of drug-likeness (QED) is 0.729. The molecule has 28 heavy (non-hydrogen) atoms. The SMILES string of the molecule is COc1c(/C(C)=C/C(=O)N2CCN(S(C)(=O)=O)CC2)cc2c(C)coc2c1C. The number of allylic oxidation sites excluding steroid dienone is 1. The highest BCUT2D eigenvalue weighted by Crippen LogP contribution is 2.37. The van der Waals surface area contributed by atoms with Gasteiger partial charge in [0.1, 0.15) is 11.3 Å². The number of benzene rings is 1. The van der Waals surface area contributed by atoms with E-state index in [-0.39, 0.29) is 5.91 Å². The molecule has 2 heterocycles. The number of aryl methyl sites for hydroxylation is 2. The van der Waals surface area contributed by atoms with Crippen LogP contribution in [0, 0.1) is 13.8 Å². The number of carbonyl (C=O) groups is 1. The van der Waals surface area contributed by atoms with Gasteiger partial charge in [-0.2, -0.15) is 4.31 Å². The van der Waals surface area contributed by atoms with Crippen LogP contribution in [0.5, 0.6) is 5.75 Å². The molecule has 0 saturated carbocycles. The molecule has 3 rings (SSSR count). The second-order valence-corrected chi connectivity index (χ2v) is 9.17. The molecular formula is C20H26N2O5S. The first-order valence-electron chi connectivity index (χ1n) is 9.11. The normalized spacial score (nSPS) is 16.6. The topological polar surface area (TPSA) is 80.1 Å². The van der Waals surface area contributed by atoms with Gasteiger partial charge >= 0.3 is 0 Å². The molecule has 0 atom stereocenters. The Kier molecular flexibility index (Phi) is 5.54. The number of hydrogen-bond donors (Lipinski definition) is 0. The smallest absolute Gasteiger partial charge is 0.246 e. The molecule has 7 nitrogen and oxygen atoms in total. The summed E-state index contributed by atoms with van der Waals surface area (Å²) in [5, 5.41) is 0.996. The predicted octanol–water partition coefficient (Wildman–Crippen LogP) is 2.57. The summed E-state index contributed by atoms with van der Waals surface area (Å²) < 4.78 is 35.9. The van der Waals surface area contributed by atoms with E-state index in [2.05, 4.69) is 0 Å². The summed E-state index contributed by atoms with van der Waals surface area (Å²) in [6.07, 6.45) is 4.50. The molecule has 1 aliphatic heterocycles. The number of furan rings is 1. The molecule has 2 aromatic rings. The van der Waals surface area contributed by atoms with E-state index in [0.29, 0.717) is 31.9 Å².